The van der Waals surface area contributed by atoms with Crippen molar-refractivity contribution in [3.8, 4) is 0 Å². The highest BCUT2D eigenvalue weighted by atomic mass is 32.2. The molecule has 1 saturated heterocycles. The Hall–Kier alpha value is -0.220. The van der Waals surface area contributed by atoms with Crippen molar-refractivity contribution < 1.29 is 9.53 Å². The molecule has 1 rings (SSSR count). The molecule has 0 amide bonds. The summed E-state index contributed by atoms with van der Waals surface area (Å²) in [6.07, 6.45) is 0. The third kappa shape index (κ3) is 2.24. The molecule has 9 heavy (non-hydrogen) atoms. The molecule has 1 fully saturated rings. The van der Waals surface area contributed by atoms with Crippen molar-refractivity contribution in [3.05, 3.63) is 0 Å². The van der Waals surface area contributed by atoms with Gasteiger partial charge in [0.25, 0.3) is 6.47 Å². The molecule has 1 atom stereocenters. The Balaban J connectivity index is 2.04. The molecule has 4 heteroatoms. The molecule has 0 radical (unpaired) electrons. The van der Waals surface area contributed by atoms with Gasteiger partial charge in [-0.1, -0.05) is 0 Å². The summed E-state index contributed by atoms with van der Waals surface area (Å²) in [4.78, 5) is 9.70. The molecule has 0 spiro atoms. The smallest absolute Gasteiger partial charge is 0.293 e. The van der Waals surface area contributed by atoms with Gasteiger partial charge in [0.15, 0.2) is 0 Å². The minimum absolute atomic E-state index is 0.375. The third-order valence-corrected chi connectivity index (χ3v) is 2.17. The van der Waals surface area contributed by atoms with E-state index in [1.807, 2.05) is 11.8 Å². The molecule has 3 nitrogen and oxygen atoms in total. The minimum atomic E-state index is 0.375. The predicted molar refractivity (Wildman–Crippen MR) is 36.3 cm³/mol. The largest absolute Gasteiger partial charge is 0.466 e. The van der Waals surface area contributed by atoms with Gasteiger partial charge < -0.3 is 10.1 Å². The summed E-state index contributed by atoms with van der Waals surface area (Å²) in [6, 6.07) is 0.375. The van der Waals surface area contributed by atoms with Crippen molar-refractivity contribution in [3.63, 3.8) is 0 Å². The van der Waals surface area contributed by atoms with Gasteiger partial charge in [0, 0.05) is 11.6 Å². The second-order valence-electron chi connectivity index (χ2n) is 1.85. The molecule has 0 aromatic carbocycles. The van der Waals surface area contributed by atoms with Gasteiger partial charge in [0.1, 0.15) is 6.61 Å². The zero-order chi connectivity index (χ0) is 6.53. The van der Waals surface area contributed by atoms with Crippen molar-refractivity contribution in [2.45, 2.75) is 6.04 Å². The van der Waals surface area contributed by atoms with E-state index in [1.165, 1.54) is 0 Å². The highest BCUT2D eigenvalue weighted by Gasteiger charge is 2.13. The molecule has 0 aliphatic carbocycles. The van der Waals surface area contributed by atoms with Crippen molar-refractivity contribution in [1.29, 1.82) is 0 Å². The van der Waals surface area contributed by atoms with Crippen LogP contribution in [0.2, 0.25) is 0 Å². The molecule has 1 unspecified atom stereocenters. The van der Waals surface area contributed by atoms with Crippen molar-refractivity contribution in [2.24, 2.45) is 0 Å². The lowest BCUT2D eigenvalue weighted by Gasteiger charge is -2.05. The lowest BCUT2D eigenvalue weighted by molar-refractivity contribution is -0.129. The number of hydrogen-bond acceptors (Lipinski definition) is 4. The first kappa shape index (κ1) is 6.89. The Kier molecular flexibility index (Phi) is 2.86. The Labute approximate surface area is 58.1 Å². The van der Waals surface area contributed by atoms with Crippen LogP contribution in [0.15, 0.2) is 0 Å². The summed E-state index contributed by atoms with van der Waals surface area (Å²) in [7, 11) is 0. The van der Waals surface area contributed by atoms with E-state index in [2.05, 4.69) is 10.1 Å². The first-order valence-corrected chi connectivity index (χ1v) is 3.95. The molecule has 0 aromatic rings. The van der Waals surface area contributed by atoms with Gasteiger partial charge >= 0.3 is 0 Å². The van der Waals surface area contributed by atoms with Gasteiger partial charge in [-0.25, -0.2) is 0 Å². The van der Waals surface area contributed by atoms with Crippen molar-refractivity contribution in [2.75, 3.05) is 18.2 Å². The van der Waals surface area contributed by atoms with Crippen LogP contribution in [0.1, 0.15) is 0 Å². The molecule has 1 aliphatic heterocycles. The monoisotopic (exact) mass is 147 g/mol. The number of carbonyl (C=O) groups excluding carboxylic acids is 1. The Morgan fingerprint density at radius 2 is 2.78 bits per heavy atom. The second-order valence-corrected chi connectivity index (χ2v) is 2.88. The van der Waals surface area contributed by atoms with Gasteiger partial charge in [0.05, 0.1) is 6.04 Å². The van der Waals surface area contributed by atoms with Crippen LogP contribution in [0, 0.1) is 0 Å². The second kappa shape index (κ2) is 3.74. The number of hydrogen-bond donors (Lipinski definition) is 1. The van der Waals surface area contributed by atoms with Crippen LogP contribution in [0.4, 0.5) is 0 Å². The first-order valence-electron chi connectivity index (χ1n) is 2.80. The van der Waals surface area contributed by atoms with E-state index in [4.69, 9.17) is 0 Å². The highest BCUT2D eigenvalue weighted by molar-refractivity contribution is 7.99. The third-order valence-electron chi connectivity index (χ3n) is 1.16. The molecule has 1 N–H and O–H groups in total. The maximum atomic E-state index is 9.70. The average Bonchev–Trinajstić information content (AvgIpc) is 2.34. The van der Waals surface area contributed by atoms with Gasteiger partial charge in [-0.3, -0.25) is 4.79 Å². The van der Waals surface area contributed by atoms with E-state index >= 15 is 0 Å². The molecule has 1 aliphatic rings. The fourth-order valence-electron chi connectivity index (χ4n) is 0.699. The summed E-state index contributed by atoms with van der Waals surface area (Å²) >= 11 is 1.83. The van der Waals surface area contributed by atoms with Crippen LogP contribution in [0.3, 0.4) is 0 Å². The maximum Gasteiger partial charge on any atom is 0.293 e. The number of ether oxygens (including phenoxy) is 1. The zero-order valence-corrected chi connectivity index (χ0v) is 5.82. The number of nitrogens with one attached hydrogen (secondary N) is 1. The normalized spacial score (nSPS) is 26.0. The maximum absolute atomic E-state index is 9.70. The summed E-state index contributed by atoms with van der Waals surface area (Å²) in [5, 5.41) is 3.17. The van der Waals surface area contributed by atoms with Crippen LogP contribution in [0.25, 0.3) is 0 Å². The van der Waals surface area contributed by atoms with Crippen molar-refractivity contribution >= 4 is 18.2 Å². The van der Waals surface area contributed by atoms with E-state index in [-0.39, 0.29) is 0 Å². The summed E-state index contributed by atoms with van der Waals surface area (Å²) < 4.78 is 4.56. The number of thioether (sulfide) groups is 1. The van der Waals surface area contributed by atoms with Gasteiger partial charge in [-0.05, 0) is 0 Å². The fourth-order valence-corrected chi connectivity index (χ4v) is 1.67. The number of rotatable bonds is 3. The molecular weight excluding hydrogens is 138 g/mol. The standard InChI is InChI=1S/C5H9NO2S/c7-4-8-1-5-2-9-3-6-5/h4-6H,1-3H2. The molecule has 1 heterocycles. The van der Waals surface area contributed by atoms with E-state index in [9.17, 15) is 4.79 Å². The van der Waals surface area contributed by atoms with Gasteiger partial charge in [-0.15, -0.1) is 11.8 Å². The van der Waals surface area contributed by atoms with Crippen LogP contribution in [-0.4, -0.2) is 30.8 Å². The van der Waals surface area contributed by atoms with E-state index in [0.29, 0.717) is 19.1 Å². The quantitative estimate of drug-likeness (QED) is 0.562. The molecule has 0 saturated carbocycles. The molecule has 0 bridgehead atoms. The molecule has 0 aromatic heterocycles. The Morgan fingerprint density at radius 3 is 3.33 bits per heavy atom. The summed E-state index contributed by atoms with van der Waals surface area (Å²) in [6.45, 7) is 1.00. The van der Waals surface area contributed by atoms with Crippen LogP contribution in [0.5, 0.6) is 0 Å². The molecular formula is C5H9NO2S. The Morgan fingerprint density at radius 1 is 1.89 bits per heavy atom. The van der Waals surface area contributed by atoms with E-state index < -0.39 is 0 Å². The van der Waals surface area contributed by atoms with Crippen molar-refractivity contribution in [1.82, 2.24) is 5.32 Å². The Bertz CT molecular complexity index is 93.0. The number of carbonyl (C=O) groups is 1. The SMILES string of the molecule is O=COCC1CSCN1. The topological polar surface area (TPSA) is 38.3 Å². The summed E-state index contributed by atoms with van der Waals surface area (Å²) in [5.74, 6) is 2.03. The fraction of sp³-hybridized carbons (Fsp3) is 0.800. The van der Waals surface area contributed by atoms with E-state index in [0.717, 1.165) is 11.6 Å². The van der Waals surface area contributed by atoms with Crippen LogP contribution < -0.4 is 5.32 Å². The first-order chi connectivity index (χ1) is 4.43. The van der Waals surface area contributed by atoms with Gasteiger partial charge in [-0.2, -0.15) is 0 Å². The van der Waals surface area contributed by atoms with Gasteiger partial charge in [0.2, 0.25) is 0 Å². The zero-order valence-electron chi connectivity index (χ0n) is 5.00. The molecule has 52 valence electrons. The highest BCUT2D eigenvalue weighted by Crippen LogP contribution is 2.08. The summed E-state index contributed by atoms with van der Waals surface area (Å²) in [5.41, 5.74) is 0. The lowest BCUT2D eigenvalue weighted by atomic mass is 10.4. The predicted octanol–water partition coefficient (Wildman–Crippen LogP) is -0.178. The minimum Gasteiger partial charge on any atom is -0.466 e. The van der Waals surface area contributed by atoms with E-state index in [1.54, 1.807) is 0 Å². The van der Waals surface area contributed by atoms with Crippen LogP contribution >= 0.6 is 11.8 Å². The van der Waals surface area contributed by atoms with Crippen LogP contribution in [-0.2, 0) is 9.53 Å². The lowest BCUT2D eigenvalue weighted by Crippen LogP contribution is -2.28. The average molecular weight is 147 g/mol.